The number of hydrogen-bond donors (Lipinski definition) is 4. The van der Waals surface area contributed by atoms with Crippen molar-refractivity contribution in [1.29, 1.82) is 0 Å². The quantitative estimate of drug-likeness (QED) is 0.427. The first kappa shape index (κ1) is 19.0. The van der Waals surface area contributed by atoms with Crippen molar-refractivity contribution in [1.82, 2.24) is 9.97 Å². The second kappa shape index (κ2) is 8.74. The lowest BCUT2D eigenvalue weighted by Gasteiger charge is -2.30. The summed E-state index contributed by atoms with van der Waals surface area (Å²) in [7, 11) is 0. The number of nitrogens with two attached hydrogens (primary N) is 1. The van der Waals surface area contributed by atoms with Crippen molar-refractivity contribution in [2.75, 3.05) is 17.2 Å². The van der Waals surface area contributed by atoms with Crippen LogP contribution in [0.5, 0.6) is 0 Å². The van der Waals surface area contributed by atoms with Crippen LogP contribution in [0.25, 0.3) is 0 Å². The molecule has 144 valence electrons. The van der Waals surface area contributed by atoms with Gasteiger partial charge in [-0.3, -0.25) is 10.1 Å². The van der Waals surface area contributed by atoms with Crippen LogP contribution in [0.1, 0.15) is 24.8 Å². The molecule has 0 aliphatic heterocycles. The molecule has 1 aliphatic carbocycles. The number of aliphatic hydroxyl groups excluding tert-OH is 1. The molecule has 9 heteroatoms. The lowest BCUT2D eigenvalue weighted by atomic mass is 9.84. The Bertz CT molecular complexity index is 773. The maximum absolute atomic E-state index is 11.3. The second-order valence-electron chi connectivity index (χ2n) is 6.81. The third kappa shape index (κ3) is 5.11. The number of nitrogens with one attached hydrogen (secondary N) is 2. The smallest absolute Gasteiger partial charge is 0.329 e. The van der Waals surface area contributed by atoms with Gasteiger partial charge in [0.2, 0.25) is 11.8 Å². The van der Waals surface area contributed by atoms with Crippen molar-refractivity contribution in [3.63, 3.8) is 0 Å². The minimum atomic E-state index is -0.533. The normalized spacial score (nSPS) is 22.2. The highest BCUT2D eigenvalue weighted by atomic mass is 16.6. The van der Waals surface area contributed by atoms with E-state index in [1.165, 1.54) is 6.20 Å². The molecule has 1 aromatic carbocycles. The first-order valence-electron chi connectivity index (χ1n) is 8.99. The fourth-order valence-electron chi connectivity index (χ4n) is 3.18. The third-order valence-corrected chi connectivity index (χ3v) is 4.80. The summed E-state index contributed by atoms with van der Waals surface area (Å²) in [4.78, 5) is 19.1. The number of hydrogen-bond acceptors (Lipinski definition) is 8. The maximum atomic E-state index is 11.3. The predicted octanol–water partition coefficient (Wildman–Crippen LogP) is 1.90. The lowest BCUT2D eigenvalue weighted by Crippen LogP contribution is -2.41. The van der Waals surface area contributed by atoms with Gasteiger partial charge in [-0.2, -0.15) is 4.98 Å². The zero-order chi connectivity index (χ0) is 19.2. The Kier molecular flexibility index (Phi) is 6.15. The van der Waals surface area contributed by atoms with Gasteiger partial charge < -0.3 is 21.5 Å². The molecule has 1 fully saturated rings. The lowest BCUT2D eigenvalue weighted by molar-refractivity contribution is -0.384. The van der Waals surface area contributed by atoms with Crippen LogP contribution in [0.15, 0.2) is 36.5 Å². The van der Waals surface area contributed by atoms with Gasteiger partial charge in [0.25, 0.3) is 0 Å². The number of nitrogens with zero attached hydrogens (tertiary/aromatic N) is 3. The molecular formula is C18H24N6O3. The fraction of sp³-hybridized carbons (Fsp3) is 0.444. The van der Waals surface area contributed by atoms with Crippen molar-refractivity contribution in [3.8, 4) is 0 Å². The molecule has 0 unspecified atom stereocenters. The summed E-state index contributed by atoms with van der Waals surface area (Å²) in [5.41, 5.74) is 6.71. The number of rotatable bonds is 7. The zero-order valence-electron chi connectivity index (χ0n) is 14.9. The number of anilines is 2. The van der Waals surface area contributed by atoms with Crippen LogP contribution in [0.4, 0.5) is 17.5 Å². The molecule has 3 atom stereocenters. The molecule has 27 heavy (non-hydrogen) atoms. The van der Waals surface area contributed by atoms with Gasteiger partial charge in [0, 0.05) is 19.1 Å². The molecule has 2 aromatic rings. The summed E-state index contributed by atoms with van der Waals surface area (Å²) in [5.74, 6) is 0.683. The summed E-state index contributed by atoms with van der Waals surface area (Å²) in [5, 5.41) is 27.3. The summed E-state index contributed by atoms with van der Waals surface area (Å²) in [6.07, 6.45) is 2.85. The minimum absolute atomic E-state index is 0.173. The van der Waals surface area contributed by atoms with Gasteiger partial charge in [-0.15, -0.1) is 0 Å². The number of aromatic nitrogens is 2. The van der Waals surface area contributed by atoms with E-state index in [1.54, 1.807) is 0 Å². The first-order chi connectivity index (χ1) is 13.0. The zero-order valence-corrected chi connectivity index (χ0v) is 14.9. The molecule has 0 spiro atoms. The van der Waals surface area contributed by atoms with Gasteiger partial charge in [0.05, 0.1) is 11.0 Å². The number of benzene rings is 1. The summed E-state index contributed by atoms with van der Waals surface area (Å²) in [6, 6.07) is 9.55. The molecule has 9 nitrogen and oxygen atoms in total. The van der Waals surface area contributed by atoms with E-state index >= 15 is 0 Å². The summed E-state index contributed by atoms with van der Waals surface area (Å²) in [6.45, 7) is 1.00. The highest BCUT2D eigenvalue weighted by Gasteiger charge is 2.27. The Balaban J connectivity index is 1.65. The van der Waals surface area contributed by atoms with Crippen LogP contribution in [0.2, 0.25) is 0 Å². The van der Waals surface area contributed by atoms with Gasteiger partial charge in [-0.1, -0.05) is 30.3 Å². The molecule has 0 radical (unpaired) electrons. The van der Waals surface area contributed by atoms with Crippen molar-refractivity contribution in [3.05, 3.63) is 52.2 Å². The topological polar surface area (TPSA) is 139 Å². The number of nitro groups is 1. The van der Waals surface area contributed by atoms with Gasteiger partial charge in [-0.25, -0.2) is 4.98 Å². The third-order valence-electron chi connectivity index (χ3n) is 4.80. The van der Waals surface area contributed by atoms with E-state index in [-0.39, 0.29) is 23.5 Å². The average Bonchev–Trinajstić information content (AvgIpc) is 2.68. The highest BCUT2D eigenvalue weighted by molar-refractivity contribution is 5.57. The van der Waals surface area contributed by atoms with Crippen molar-refractivity contribution < 1.29 is 10.0 Å². The van der Waals surface area contributed by atoms with Crippen molar-refractivity contribution in [2.24, 2.45) is 11.7 Å². The molecule has 0 bridgehead atoms. The maximum Gasteiger partial charge on any atom is 0.329 e. The molecule has 1 aliphatic rings. The molecule has 0 amide bonds. The summed E-state index contributed by atoms with van der Waals surface area (Å²) < 4.78 is 0. The van der Waals surface area contributed by atoms with E-state index in [1.807, 2.05) is 30.3 Å². The van der Waals surface area contributed by atoms with Crippen molar-refractivity contribution >= 4 is 17.5 Å². The van der Waals surface area contributed by atoms with E-state index in [9.17, 15) is 15.2 Å². The Morgan fingerprint density at radius 1 is 1.26 bits per heavy atom. The summed E-state index contributed by atoms with van der Waals surface area (Å²) >= 11 is 0. The highest BCUT2D eigenvalue weighted by Crippen LogP contribution is 2.26. The molecular weight excluding hydrogens is 348 g/mol. The van der Waals surface area contributed by atoms with E-state index in [0.29, 0.717) is 25.5 Å². The van der Waals surface area contributed by atoms with Crippen molar-refractivity contribution in [2.45, 2.75) is 38.0 Å². The second-order valence-corrected chi connectivity index (χ2v) is 6.81. The van der Waals surface area contributed by atoms with E-state index in [4.69, 9.17) is 5.73 Å². The Morgan fingerprint density at radius 2 is 2.04 bits per heavy atom. The van der Waals surface area contributed by atoms with Crippen LogP contribution in [0.3, 0.4) is 0 Å². The average molecular weight is 372 g/mol. The monoisotopic (exact) mass is 372 g/mol. The molecule has 1 saturated carbocycles. The molecule has 5 N–H and O–H groups in total. The predicted molar refractivity (Wildman–Crippen MR) is 102 cm³/mol. The van der Waals surface area contributed by atoms with E-state index in [0.717, 1.165) is 18.4 Å². The van der Waals surface area contributed by atoms with Gasteiger partial charge in [0.1, 0.15) is 6.20 Å². The van der Waals surface area contributed by atoms with Gasteiger partial charge in [-0.05, 0) is 30.7 Å². The van der Waals surface area contributed by atoms with Crippen LogP contribution in [-0.2, 0) is 6.54 Å². The SMILES string of the molecule is N[C@H]1CC[C@H](CNc2nc(NCc3ccccc3)ncc2[N+](=O)[O-])C[C@H]1O. The first-order valence-corrected chi connectivity index (χ1v) is 8.99. The Labute approximate surface area is 157 Å². The van der Waals surface area contributed by atoms with Gasteiger partial charge in [0.15, 0.2) is 0 Å². The molecule has 1 heterocycles. The van der Waals surface area contributed by atoms with E-state index in [2.05, 4.69) is 20.6 Å². The largest absolute Gasteiger partial charge is 0.392 e. The minimum Gasteiger partial charge on any atom is -0.392 e. The fourth-order valence-corrected chi connectivity index (χ4v) is 3.18. The van der Waals surface area contributed by atoms with Crippen LogP contribution in [0, 0.1) is 16.0 Å². The Hall–Kier alpha value is -2.78. The van der Waals surface area contributed by atoms with Crippen LogP contribution < -0.4 is 16.4 Å². The Morgan fingerprint density at radius 3 is 2.74 bits per heavy atom. The molecule has 1 aromatic heterocycles. The van der Waals surface area contributed by atoms with Crippen LogP contribution in [-0.4, -0.2) is 38.7 Å². The molecule has 0 saturated heterocycles. The standard InChI is InChI=1S/C18H24N6O3/c19-14-7-6-13(8-16(14)25)10-20-17-15(24(26)27)11-22-18(23-17)21-9-12-4-2-1-3-5-12/h1-5,11,13-14,16,25H,6-10,19H2,(H2,20,21,22,23)/t13-,14-,16+/m0/s1. The number of aliphatic hydroxyl groups is 1. The molecule has 3 rings (SSSR count). The van der Waals surface area contributed by atoms with Gasteiger partial charge >= 0.3 is 5.69 Å². The van der Waals surface area contributed by atoms with E-state index < -0.39 is 11.0 Å². The van der Waals surface area contributed by atoms with Crippen LogP contribution >= 0.6 is 0 Å².